The Morgan fingerprint density at radius 1 is 1.44 bits per heavy atom. The summed E-state index contributed by atoms with van der Waals surface area (Å²) in [7, 11) is 0. The molecule has 1 heterocycles. The van der Waals surface area contributed by atoms with Crippen molar-refractivity contribution in [1.82, 2.24) is 10.2 Å². The van der Waals surface area contributed by atoms with Crippen molar-refractivity contribution < 1.29 is 9.31 Å². The second kappa shape index (κ2) is 3.61. The van der Waals surface area contributed by atoms with Gasteiger partial charge in [-0.3, -0.25) is 15.2 Å². The average Bonchev–Trinajstić information content (AvgIpc) is 2.64. The van der Waals surface area contributed by atoms with Crippen molar-refractivity contribution in [2.75, 3.05) is 5.73 Å². The highest BCUT2D eigenvalue weighted by Gasteiger charge is 2.17. The molecule has 0 fully saturated rings. The molecule has 16 heavy (non-hydrogen) atoms. The largest absolute Gasteiger partial charge is 0.382 e. The van der Waals surface area contributed by atoms with E-state index < -0.39 is 10.7 Å². The third-order valence-electron chi connectivity index (χ3n) is 2.04. The van der Waals surface area contributed by atoms with Crippen LogP contribution in [-0.4, -0.2) is 15.1 Å². The number of hydrogen-bond acceptors (Lipinski definition) is 4. The maximum Gasteiger partial charge on any atom is 0.278 e. The van der Waals surface area contributed by atoms with Gasteiger partial charge in [0.25, 0.3) is 5.69 Å². The Hall–Kier alpha value is -2.44. The maximum atomic E-state index is 13.0. The number of hydrogen-bond donors (Lipinski definition) is 2. The molecule has 7 heteroatoms. The zero-order chi connectivity index (χ0) is 11.7. The second-order valence-corrected chi connectivity index (χ2v) is 3.13. The monoisotopic (exact) mass is 222 g/mol. The minimum atomic E-state index is -0.591. The van der Waals surface area contributed by atoms with Crippen molar-refractivity contribution in [2.45, 2.75) is 0 Å². The molecule has 0 atom stereocenters. The van der Waals surface area contributed by atoms with Crippen molar-refractivity contribution in [3.05, 3.63) is 40.2 Å². The molecule has 1 aromatic carbocycles. The quantitative estimate of drug-likeness (QED) is 0.596. The number of anilines is 1. The van der Waals surface area contributed by atoms with Crippen molar-refractivity contribution >= 4 is 11.5 Å². The van der Waals surface area contributed by atoms with Gasteiger partial charge in [0.15, 0.2) is 0 Å². The van der Waals surface area contributed by atoms with Crippen LogP contribution in [0.2, 0.25) is 0 Å². The predicted octanol–water partition coefficient (Wildman–Crippen LogP) is 1.71. The summed E-state index contributed by atoms with van der Waals surface area (Å²) in [6.07, 6.45) is 0. The molecule has 0 aliphatic carbocycles. The lowest BCUT2D eigenvalue weighted by Crippen LogP contribution is -1.93. The fourth-order valence-electron chi connectivity index (χ4n) is 1.36. The number of rotatable bonds is 2. The van der Waals surface area contributed by atoms with Gasteiger partial charge in [-0.15, -0.1) is 0 Å². The van der Waals surface area contributed by atoms with E-state index >= 15 is 0 Å². The van der Waals surface area contributed by atoms with Crippen LogP contribution in [0.15, 0.2) is 24.3 Å². The number of aromatic nitrogens is 2. The average molecular weight is 222 g/mol. The first kappa shape index (κ1) is 10.1. The van der Waals surface area contributed by atoms with Crippen molar-refractivity contribution in [1.29, 1.82) is 0 Å². The van der Waals surface area contributed by atoms with Crippen LogP contribution in [0.4, 0.5) is 15.9 Å². The van der Waals surface area contributed by atoms with E-state index in [0.29, 0.717) is 5.69 Å². The van der Waals surface area contributed by atoms with Crippen LogP contribution in [0.3, 0.4) is 0 Å². The molecule has 0 aliphatic heterocycles. The first-order valence-electron chi connectivity index (χ1n) is 4.33. The Morgan fingerprint density at radius 3 is 2.75 bits per heavy atom. The fourth-order valence-corrected chi connectivity index (χ4v) is 1.36. The first-order chi connectivity index (χ1) is 7.58. The summed E-state index contributed by atoms with van der Waals surface area (Å²) < 4.78 is 13.0. The van der Waals surface area contributed by atoms with Gasteiger partial charge in [-0.2, -0.15) is 5.10 Å². The van der Waals surface area contributed by atoms with E-state index in [4.69, 9.17) is 5.73 Å². The van der Waals surface area contributed by atoms with Crippen LogP contribution in [0, 0.1) is 15.9 Å². The van der Waals surface area contributed by atoms with Gasteiger partial charge in [-0.1, -0.05) is 0 Å². The minimum absolute atomic E-state index is 0.120. The molecular weight excluding hydrogens is 215 g/mol. The number of H-pyrrole nitrogens is 1. The molecule has 0 saturated heterocycles. The maximum absolute atomic E-state index is 13.0. The minimum Gasteiger partial charge on any atom is -0.382 e. The van der Waals surface area contributed by atoms with Gasteiger partial charge in [0, 0.05) is 12.1 Å². The summed E-state index contributed by atoms with van der Waals surface area (Å²) in [5.41, 5.74) is 5.60. The summed E-state index contributed by atoms with van der Waals surface area (Å²) in [5, 5.41) is 16.9. The van der Waals surface area contributed by atoms with Crippen LogP contribution >= 0.6 is 0 Å². The van der Waals surface area contributed by atoms with Crippen LogP contribution < -0.4 is 5.73 Å². The van der Waals surface area contributed by atoms with Crippen LogP contribution in [0.25, 0.3) is 11.3 Å². The first-order valence-corrected chi connectivity index (χ1v) is 4.33. The highest BCUT2D eigenvalue weighted by molar-refractivity contribution is 5.72. The van der Waals surface area contributed by atoms with Gasteiger partial charge in [0.1, 0.15) is 11.6 Å². The van der Waals surface area contributed by atoms with Gasteiger partial charge < -0.3 is 5.73 Å². The normalized spacial score (nSPS) is 10.3. The summed E-state index contributed by atoms with van der Waals surface area (Å²) in [6, 6.07) is 4.59. The van der Waals surface area contributed by atoms with Crippen LogP contribution in [-0.2, 0) is 0 Å². The van der Waals surface area contributed by atoms with Gasteiger partial charge in [0.2, 0.25) is 0 Å². The molecule has 0 radical (unpaired) electrons. The molecule has 2 rings (SSSR count). The number of halogens is 1. The van der Waals surface area contributed by atoms with Crippen molar-refractivity contribution in [3.8, 4) is 11.3 Å². The van der Waals surface area contributed by atoms with Gasteiger partial charge in [-0.25, -0.2) is 4.39 Å². The van der Waals surface area contributed by atoms with E-state index in [1.54, 1.807) is 0 Å². The zero-order valence-corrected chi connectivity index (χ0v) is 7.98. The molecule has 3 N–H and O–H groups in total. The summed E-state index contributed by atoms with van der Waals surface area (Å²) >= 11 is 0. The molecule has 0 aliphatic rings. The number of nitrogens with one attached hydrogen (secondary N) is 1. The van der Waals surface area contributed by atoms with E-state index in [2.05, 4.69) is 10.2 Å². The number of nitro benzene ring substituents is 1. The lowest BCUT2D eigenvalue weighted by Gasteiger charge is -1.99. The standard InChI is InChI=1S/C9H7FN4O2/c10-5-1-2-8(14(15)16)6(3-5)7-4-9(11)13-12-7/h1-4H,(H3,11,12,13). The number of nitrogens with two attached hydrogens (primary N) is 1. The number of benzene rings is 1. The SMILES string of the molecule is Nc1cc(-c2cc(F)ccc2[N+](=O)[O-])[nH]n1. The van der Waals surface area contributed by atoms with E-state index in [0.717, 1.165) is 18.2 Å². The number of nitrogens with zero attached hydrogens (tertiary/aromatic N) is 2. The van der Waals surface area contributed by atoms with E-state index in [1.807, 2.05) is 0 Å². The third-order valence-corrected chi connectivity index (χ3v) is 2.04. The van der Waals surface area contributed by atoms with Gasteiger partial charge >= 0.3 is 0 Å². The van der Waals surface area contributed by atoms with Crippen molar-refractivity contribution in [2.24, 2.45) is 0 Å². The topological polar surface area (TPSA) is 97.8 Å². The van der Waals surface area contributed by atoms with E-state index in [1.165, 1.54) is 6.07 Å². The Bertz CT molecular complexity index is 552. The highest BCUT2D eigenvalue weighted by Crippen LogP contribution is 2.29. The summed E-state index contributed by atoms with van der Waals surface area (Å²) in [4.78, 5) is 10.1. The van der Waals surface area contributed by atoms with Gasteiger partial charge in [-0.05, 0) is 12.1 Å². The number of nitrogen functional groups attached to an aromatic ring is 1. The lowest BCUT2D eigenvalue weighted by atomic mass is 10.1. The molecular formula is C9H7FN4O2. The lowest BCUT2D eigenvalue weighted by molar-refractivity contribution is -0.384. The van der Waals surface area contributed by atoms with Crippen LogP contribution in [0.5, 0.6) is 0 Å². The molecule has 1 aromatic heterocycles. The second-order valence-electron chi connectivity index (χ2n) is 3.13. The molecule has 0 bridgehead atoms. The molecule has 0 saturated carbocycles. The number of nitro groups is 1. The molecule has 0 spiro atoms. The van der Waals surface area contributed by atoms with Gasteiger partial charge in [0.05, 0.1) is 16.2 Å². The summed E-state index contributed by atoms with van der Waals surface area (Å²) in [5.74, 6) is -0.373. The van der Waals surface area contributed by atoms with E-state index in [9.17, 15) is 14.5 Å². The molecule has 2 aromatic rings. The molecule has 0 unspecified atom stereocenters. The Kier molecular flexibility index (Phi) is 2.28. The zero-order valence-electron chi connectivity index (χ0n) is 7.98. The van der Waals surface area contributed by atoms with Crippen molar-refractivity contribution in [3.63, 3.8) is 0 Å². The molecule has 0 amide bonds. The smallest absolute Gasteiger partial charge is 0.278 e. The molecule has 6 nitrogen and oxygen atoms in total. The molecule has 82 valence electrons. The Labute approximate surface area is 89.0 Å². The predicted molar refractivity (Wildman–Crippen MR) is 55.0 cm³/mol. The highest BCUT2D eigenvalue weighted by atomic mass is 19.1. The summed E-state index contributed by atoms with van der Waals surface area (Å²) in [6.45, 7) is 0. The third kappa shape index (κ3) is 1.70. The Balaban J connectivity index is 2.62. The van der Waals surface area contributed by atoms with E-state index in [-0.39, 0.29) is 17.1 Å². The fraction of sp³-hybridized carbons (Fsp3) is 0. The number of aromatic amines is 1. The van der Waals surface area contributed by atoms with Crippen LogP contribution in [0.1, 0.15) is 0 Å². The Morgan fingerprint density at radius 2 is 2.19 bits per heavy atom.